The molecule has 1 saturated heterocycles. The summed E-state index contributed by atoms with van der Waals surface area (Å²) >= 11 is 0. The van der Waals surface area contributed by atoms with Crippen molar-refractivity contribution in [3.8, 4) is 0 Å². The maximum absolute atomic E-state index is 6.05. The lowest BCUT2D eigenvalue weighted by Gasteiger charge is -2.35. The van der Waals surface area contributed by atoms with Crippen molar-refractivity contribution in [3.63, 3.8) is 0 Å². The number of nitrogens with zero attached hydrogens (tertiary/aromatic N) is 2. The van der Waals surface area contributed by atoms with Gasteiger partial charge < -0.3 is 25.0 Å². The van der Waals surface area contributed by atoms with E-state index < -0.39 is 0 Å². The van der Waals surface area contributed by atoms with Gasteiger partial charge in [0.05, 0.1) is 19.8 Å². The number of aliphatic imine (C=N–C) groups is 1. The van der Waals surface area contributed by atoms with Gasteiger partial charge in [-0.1, -0.05) is 36.4 Å². The Morgan fingerprint density at radius 1 is 1.21 bits per heavy atom. The predicted molar refractivity (Wildman–Crippen MR) is 118 cm³/mol. The summed E-state index contributed by atoms with van der Waals surface area (Å²) in [7, 11) is 3.55. The molecule has 6 heteroatoms. The van der Waals surface area contributed by atoms with Crippen molar-refractivity contribution in [1.29, 1.82) is 0 Å². The minimum absolute atomic E-state index is 0.0703. The van der Waals surface area contributed by atoms with Gasteiger partial charge in [0.2, 0.25) is 0 Å². The van der Waals surface area contributed by atoms with Gasteiger partial charge in [0.15, 0.2) is 5.96 Å². The Morgan fingerprint density at radius 2 is 2.00 bits per heavy atom. The van der Waals surface area contributed by atoms with Crippen LogP contribution >= 0.6 is 0 Å². The molecule has 0 spiro atoms. The second kappa shape index (κ2) is 10.8. The first kappa shape index (κ1) is 21.1. The van der Waals surface area contributed by atoms with Gasteiger partial charge in [0, 0.05) is 39.5 Å². The maximum Gasteiger partial charge on any atom is 0.194 e. The summed E-state index contributed by atoms with van der Waals surface area (Å²) in [6.45, 7) is 6.71. The molecule has 1 aliphatic rings. The molecule has 6 nitrogen and oxygen atoms in total. The van der Waals surface area contributed by atoms with Crippen LogP contribution in [0.5, 0.6) is 0 Å². The van der Waals surface area contributed by atoms with Crippen LogP contribution in [0.4, 0.5) is 5.69 Å². The summed E-state index contributed by atoms with van der Waals surface area (Å²) < 4.78 is 11.1. The Kier molecular flexibility index (Phi) is 7.90. The van der Waals surface area contributed by atoms with Gasteiger partial charge in [-0.2, -0.15) is 0 Å². The highest BCUT2D eigenvalue weighted by molar-refractivity contribution is 5.80. The van der Waals surface area contributed by atoms with Crippen LogP contribution in [0.3, 0.4) is 0 Å². The van der Waals surface area contributed by atoms with Crippen molar-refractivity contribution >= 4 is 11.6 Å². The second-order valence-corrected chi connectivity index (χ2v) is 7.18. The molecule has 3 rings (SSSR count). The van der Waals surface area contributed by atoms with E-state index in [0.717, 1.165) is 37.8 Å². The quantitative estimate of drug-likeness (QED) is 0.428. The number of morpholine rings is 1. The van der Waals surface area contributed by atoms with Crippen molar-refractivity contribution in [2.45, 2.75) is 19.6 Å². The number of anilines is 1. The van der Waals surface area contributed by atoms with Crippen LogP contribution in [0.1, 0.15) is 22.8 Å². The number of nitrogens with one attached hydrogen (secondary N) is 2. The number of methoxy groups -OCH3 is 1. The predicted octanol–water partition coefficient (Wildman–Crippen LogP) is 3.20. The van der Waals surface area contributed by atoms with E-state index in [1.807, 2.05) is 7.05 Å². The van der Waals surface area contributed by atoms with Crippen LogP contribution in [0.25, 0.3) is 0 Å². The fourth-order valence-electron chi connectivity index (χ4n) is 3.53. The van der Waals surface area contributed by atoms with Gasteiger partial charge in [0.25, 0.3) is 0 Å². The largest absolute Gasteiger partial charge is 0.383 e. The summed E-state index contributed by atoms with van der Waals surface area (Å²) in [5, 5.41) is 6.83. The molecule has 0 aliphatic carbocycles. The molecular weight excluding hydrogens is 364 g/mol. The van der Waals surface area contributed by atoms with Crippen molar-refractivity contribution < 1.29 is 9.47 Å². The molecule has 156 valence electrons. The first-order valence-corrected chi connectivity index (χ1v) is 10.2. The van der Waals surface area contributed by atoms with Gasteiger partial charge in [0.1, 0.15) is 6.10 Å². The summed E-state index contributed by atoms with van der Waals surface area (Å²) in [5.41, 5.74) is 4.84. The molecule has 1 atom stereocenters. The summed E-state index contributed by atoms with van der Waals surface area (Å²) in [6.07, 6.45) is 0.0703. The molecule has 2 N–H and O–H groups in total. The molecule has 0 amide bonds. The molecule has 0 saturated carbocycles. The minimum Gasteiger partial charge on any atom is -0.383 e. The molecule has 0 bridgehead atoms. The zero-order chi connectivity index (χ0) is 20.5. The number of ether oxygens (including phenoxy) is 2. The Morgan fingerprint density at radius 3 is 2.72 bits per heavy atom. The standard InChI is InChI=1S/C23H32N4O2/c1-18-6-4-5-7-21(18)22-17-27(13-15-29-22)23(24-2)26-16-19-8-10-20(11-9-19)25-12-14-28-3/h4-11,22,25H,12-17H2,1-3H3,(H,24,26). The highest BCUT2D eigenvalue weighted by atomic mass is 16.5. The number of aryl methyl sites for hydroxylation is 1. The molecule has 0 aromatic heterocycles. The van der Waals surface area contributed by atoms with Gasteiger partial charge >= 0.3 is 0 Å². The van der Waals surface area contributed by atoms with Gasteiger partial charge in [-0.3, -0.25) is 4.99 Å². The molecule has 29 heavy (non-hydrogen) atoms. The summed E-state index contributed by atoms with van der Waals surface area (Å²) in [5.74, 6) is 0.911. The zero-order valence-electron chi connectivity index (χ0n) is 17.6. The normalized spacial score (nSPS) is 17.3. The lowest BCUT2D eigenvalue weighted by molar-refractivity contribution is -0.00833. The topological polar surface area (TPSA) is 58.1 Å². The third kappa shape index (κ3) is 5.95. The van der Waals surface area contributed by atoms with E-state index in [1.165, 1.54) is 16.7 Å². The summed E-state index contributed by atoms with van der Waals surface area (Å²) in [4.78, 5) is 6.77. The average Bonchev–Trinajstić information content (AvgIpc) is 2.76. The fourth-order valence-corrected chi connectivity index (χ4v) is 3.53. The highest BCUT2D eigenvalue weighted by Crippen LogP contribution is 2.25. The Bertz CT molecular complexity index is 792. The highest BCUT2D eigenvalue weighted by Gasteiger charge is 2.25. The van der Waals surface area contributed by atoms with Gasteiger partial charge in [-0.15, -0.1) is 0 Å². The number of rotatable bonds is 7. The van der Waals surface area contributed by atoms with Crippen LogP contribution in [-0.4, -0.2) is 57.9 Å². The van der Waals surface area contributed by atoms with E-state index in [1.54, 1.807) is 7.11 Å². The van der Waals surface area contributed by atoms with Crippen LogP contribution in [-0.2, 0) is 16.0 Å². The van der Waals surface area contributed by atoms with E-state index in [0.29, 0.717) is 13.2 Å². The van der Waals surface area contributed by atoms with Crippen LogP contribution in [0.2, 0.25) is 0 Å². The lowest BCUT2D eigenvalue weighted by atomic mass is 10.0. The zero-order valence-corrected chi connectivity index (χ0v) is 17.6. The number of hydrogen-bond donors (Lipinski definition) is 2. The van der Waals surface area contributed by atoms with E-state index in [-0.39, 0.29) is 6.10 Å². The lowest BCUT2D eigenvalue weighted by Crippen LogP contribution is -2.48. The molecule has 1 unspecified atom stereocenters. The molecule has 1 fully saturated rings. The van der Waals surface area contributed by atoms with Crippen LogP contribution < -0.4 is 10.6 Å². The van der Waals surface area contributed by atoms with E-state index in [4.69, 9.17) is 9.47 Å². The van der Waals surface area contributed by atoms with E-state index in [2.05, 4.69) is 76.0 Å². The minimum atomic E-state index is 0.0703. The Hall–Kier alpha value is -2.57. The van der Waals surface area contributed by atoms with Gasteiger partial charge in [-0.25, -0.2) is 0 Å². The molecular formula is C23H32N4O2. The maximum atomic E-state index is 6.05. The van der Waals surface area contributed by atoms with Crippen LogP contribution in [0.15, 0.2) is 53.5 Å². The number of hydrogen-bond acceptors (Lipinski definition) is 4. The third-order valence-electron chi connectivity index (χ3n) is 5.15. The monoisotopic (exact) mass is 396 g/mol. The van der Waals surface area contributed by atoms with Gasteiger partial charge in [-0.05, 0) is 35.7 Å². The van der Waals surface area contributed by atoms with Crippen LogP contribution in [0, 0.1) is 6.92 Å². The van der Waals surface area contributed by atoms with Crippen molar-refractivity contribution in [1.82, 2.24) is 10.2 Å². The fraction of sp³-hybridized carbons (Fsp3) is 0.435. The van der Waals surface area contributed by atoms with Crippen molar-refractivity contribution in [3.05, 3.63) is 65.2 Å². The second-order valence-electron chi connectivity index (χ2n) is 7.18. The molecule has 1 aliphatic heterocycles. The smallest absolute Gasteiger partial charge is 0.194 e. The SMILES string of the molecule is CN=C(NCc1ccc(NCCOC)cc1)N1CCOC(c2ccccc2C)C1. The third-order valence-corrected chi connectivity index (χ3v) is 5.15. The van der Waals surface area contributed by atoms with E-state index >= 15 is 0 Å². The molecule has 0 radical (unpaired) electrons. The Labute approximate surface area is 173 Å². The Balaban J connectivity index is 1.55. The first-order valence-electron chi connectivity index (χ1n) is 10.2. The first-order chi connectivity index (χ1) is 14.2. The van der Waals surface area contributed by atoms with E-state index in [9.17, 15) is 0 Å². The number of benzene rings is 2. The summed E-state index contributed by atoms with van der Waals surface area (Å²) in [6, 6.07) is 16.9. The molecule has 2 aromatic carbocycles. The average molecular weight is 397 g/mol. The number of guanidine groups is 1. The molecule has 2 aromatic rings. The van der Waals surface area contributed by atoms with Crippen molar-refractivity contribution in [2.75, 3.05) is 52.3 Å². The molecule has 1 heterocycles. The van der Waals surface area contributed by atoms with Crippen molar-refractivity contribution in [2.24, 2.45) is 4.99 Å².